The average Bonchev–Trinajstić information content (AvgIpc) is 2.65. The van der Waals surface area contributed by atoms with Crippen LogP contribution in [0.1, 0.15) is 35.2 Å². The van der Waals surface area contributed by atoms with E-state index in [1.54, 1.807) is 38.1 Å². The van der Waals surface area contributed by atoms with Crippen LogP contribution in [0, 0.1) is 29.9 Å². The summed E-state index contributed by atoms with van der Waals surface area (Å²) in [5.74, 6) is -1.50. The van der Waals surface area contributed by atoms with Crippen LogP contribution < -0.4 is 11.1 Å². The number of benzene rings is 2. The second-order valence-corrected chi connectivity index (χ2v) is 6.11. The largest absolute Gasteiger partial charge is 0.383 e. The van der Waals surface area contributed by atoms with Gasteiger partial charge < -0.3 is 11.1 Å². The minimum atomic E-state index is -0.655. The third-order valence-corrected chi connectivity index (χ3v) is 4.33. The maximum absolute atomic E-state index is 14.2. The van der Waals surface area contributed by atoms with Gasteiger partial charge in [0.25, 0.3) is 0 Å². The number of nitrogens with one attached hydrogen (secondary N) is 1. The predicted octanol–water partition coefficient (Wildman–Crippen LogP) is 4.41. The quantitative estimate of drug-likeness (QED) is 0.715. The monoisotopic (exact) mass is 365 g/mol. The van der Waals surface area contributed by atoms with E-state index in [-0.39, 0.29) is 17.3 Å². The summed E-state index contributed by atoms with van der Waals surface area (Å²) < 4.78 is 28.4. The number of rotatable bonds is 4. The summed E-state index contributed by atoms with van der Waals surface area (Å²) in [7, 11) is 0. The number of nitrogens with zero attached hydrogens (tertiary/aromatic N) is 3. The second-order valence-electron chi connectivity index (χ2n) is 6.11. The van der Waals surface area contributed by atoms with E-state index in [9.17, 15) is 8.78 Å². The lowest BCUT2D eigenvalue weighted by Gasteiger charge is -2.18. The van der Waals surface area contributed by atoms with Crippen molar-refractivity contribution in [2.24, 2.45) is 0 Å². The van der Waals surface area contributed by atoms with E-state index >= 15 is 0 Å². The Hall–Kier alpha value is -3.53. The Morgan fingerprint density at radius 2 is 1.70 bits per heavy atom. The summed E-state index contributed by atoms with van der Waals surface area (Å²) in [5.41, 5.74) is 8.11. The molecule has 0 aliphatic heterocycles. The lowest BCUT2D eigenvalue weighted by atomic mass is 9.93. The molecule has 0 radical (unpaired) electrons. The van der Waals surface area contributed by atoms with Crippen molar-refractivity contribution in [3.63, 3.8) is 0 Å². The van der Waals surface area contributed by atoms with Gasteiger partial charge in [-0.15, -0.1) is 0 Å². The van der Waals surface area contributed by atoms with E-state index in [1.807, 2.05) is 6.07 Å². The van der Waals surface area contributed by atoms with E-state index in [0.29, 0.717) is 22.5 Å². The van der Waals surface area contributed by atoms with E-state index < -0.39 is 17.6 Å². The summed E-state index contributed by atoms with van der Waals surface area (Å²) in [4.78, 5) is 8.62. The highest BCUT2D eigenvalue weighted by atomic mass is 19.1. The molecular weight excluding hydrogens is 348 g/mol. The highest BCUT2D eigenvalue weighted by Crippen LogP contribution is 2.31. The van der Waals surface area contributed by atoms with Crippen molar-refractivity contribution in [2.75, 3.05) is 11.1 Å². The second kappa shape index (κ2) is 7.38. The van der Waals surface area contributed by atoms with Crippen LogP contribution in [-0.4, -0.2) is 9.97 Å². The summed E-state index contributed by atoms with van der Waals surface area (Å²) in [6.07, 6.45) is 0. The minimum Gasteiger partial charge on any atom is -0.383 e. The number of hydrogen-bond donors (Lipinski definition) is 2. The van der Waals surface area contributed by atoms with Gasteiger partial charge in [0.1, 0.15) is 17.5 Å². The molecule has 136 valence electrons. The van der Waals surface area contributed by atoms with Crippen molar-refractivity contribution in [1.29, 1.82) is 5.26 Å². The number of nitrogens with two attached hydrogens (primary N) is 1. The van der Waals surface area contributed by atoms with Gasteiger partial charge in [-0.3, -0.25) is 0 Å². The third-order valence-electron chi connectivity index (χ3n) is 4.33. The highest BCUT2D eigenvalue weighted by molar-refractivity contribution is 5.58. The van der Waals surface area contributed by atoms with Crippen molar-refractivity contribution in [3.05, 3.63) is 76.5 Å². The molecule has 0 fully saturated rings. The number of halogens is 2. The van der Waals surface area contributed by atoms with Gasteiger partial charge in [-0.25, -0.2) is 13.8 Å². The van der Waals surface area contributed by atoms with E-state index in [2.05, 4.69) is 15.3 Å². The smallest absolute Gasteiger partial charge is 0.229 e. The molecule has 7 heteroatoms. The van der Waals surface area contributed by atoms with Gasteiger partial charge in [-0.05, 0) is 43.3 Å². The van der Waals surface area contributed by atoms with Crippen molar-refractivity contribution in [3.8, 4) is 6.07 Å². The first-order valence-corrected chi connectivity index (χ1v) is 8.25. The molecule has 0 saturated carbocycles. The van der Waals surface area contributed by atoms with Crippen molar-refractivity contribution < 1.29 is 8.78 Å². The predicted molar refractivity (Wildman–Crippen MR) is 99.5 cm³/mol. The molecule has 1 heterocycles. The molecule has 0 aliphatic rings. The highest BCUT2D eigenvalue weighted by Gasteiger charge is 2.22. The molecular formula is C20H17F2N5. The van der Waals surface area contributed by atoms with Crippen LogP contribution >= 0.6 is 0 Å². The summed E-state index contributed by atoms with van der Waals surface area (Å²) in [6, 6.07) is 12.5. The normalized spacial score (nSPS) is 11.7. The SMILES string of the molecule is Cc1c(N)nc(Nc2ccc(C#N)cc2)nc1C(C)c1c(F)cccc1F. The molecule has 3 rings (SSSR count). The first-order chi connectivity index (χ1) is 12.9. The minimum absolute atomic E-state index is 0.0666. The van der Waals surface area contributed by atoms with Crippen LogP contribution in [0.15, 0.2) is 42.5 Å². The number of hydrogen-bond acceptors (Lipinski definition) is 5. The lowest BCUT2D eigenvalue weighted by molar-refractivity contribution is 0.544. The lowest BCUT2D eigenvalue weighted by Crippen LogP contribution is -2.12. The fraction of sp³-hybridized carbons (Fsp3) is 0.150. The molecule has 3 aromatic rings. The van der Waals surface area contributed by atoms with Crippen LogP contribution in [0.4, 0.5) is 26.2 Å². The molecule has 0 spiro atoms. The van der Waals surface area contributed by atoms with Gasteiger partial charge in [0.15, 0.2) is 0 Å². The standard InChI is InChI=1S/C20H17F2N5/c1-11(17-15(21)4-3-5-16(17)22)18-12(2)19(24)27-20(26-18)25-14-8-6-13(10-23)7-9-14/h3-9,11H,1-2H3,(H3,24,25,26,27). The molecule has 0 saturated heterocycles. The number of anilines is 3. The molecule has 0 amide bonds. The molecule has 27 heavy (non-hydrogen) atoms. The molecule has 0 bridgehead atoms. The Morgan fingerprint density at radius 3 is 2.30 bits per heavy atom. The van der Waals surface area contributed by atoms with E-state index in [1.165, 1.54) is 18.2 Å². The fourth-order valence-electron chi connectivity index (χ4n) is 2.85. The van der Waals surface area contributed by atoms with Gasteiger partial charge in [0.2, 0.25) is 5.95 Å². The Kier molecular flexibility index (Phi) is 4.99. The zero-order chi connectivity index (χ0) is 19.6. The Morgan fingerprint density at radius 1 is 1.07 bits per heavy atom. The molecule has 3 N–H and O–H groups in total. The molecule has 2 aromatic carbocycles. The zero-order valence-electron chi connectivity index (χ0n) is 14.8. The zero-order valence-corrected chi connectivity index (χ0v) is 14.8. The van der Waals surface area contributed by atoms with Crippen LogP contribution in [0.5, 0.6) is 0 Å². The molecule has 1 aromatic heterocycles. The number of nitrogen functional groups attached to an aromatic ring is 1. The Labute approximate surface area is 155 Å². The first kappa shape index (κ1) is 18.3. The first-order valence-electron chi connectivity index (χ1n) is 8.25. The maximum atomic E-state index is 14.2. The van der Waals surface area contributed by atoms with Crippen molar-refractivity contribution >= 4 is 17.5 Å². The van der Waals surface area contributed by atoms with E-state index in [0.717, 1.165) is 0 Å². The molecule has 5 nitrogen and oxygen atoms in total. The molecule has 1 atom stereocenters. The molecule has 0 aliphatic carbocycles. The van der Waals surface area contributed by atoms with Gasteiger partial charge in [-0.2, -0.15) is 10.2 Å². The van der Waals surface area contributed by atoms with Crippen LogP contribution in [0.3, 0.4) is 0 Å². The van der Waals surface area contributed by atoms with Crippen molar-refractivity contribution in [2.45, 2.75) is 19.8 Å². The van der Waals surface area contributed by atoms with Crippen molar-refractivity contribution in [1.82, 2.24) is 9.97 Å². The van der Waals surface area contributed by atoms with Gasteiger partial charge in [0, 0.05) is 22.7 Å². The summed E-state index contributed by atoms with van der Waals surface area (Å²) in [6.45, 7) is 3.38. The van der Waals surface area contributed by atoms with E-state index in [4.69, 9.17) is 11.0 Å². The maximum Gasteiger partial charge on any atom is 0.229 e. The van der Waals surface area contributed by atoms with Gasteiger partial charge in [-0.1, -0.05) is 13.0 Å². The summed E-state index contributed by atoms with van der Waals surface area (Å²) in [5, 5.41) is 11.9. The van der Waals surface area contributed by atoms with Gasteiger partial charge in [0.05, 0.1) is 17.3 Å². The summed E-state index contributed by atoms with van der Waals surface area (Å²) >= 11 is 0. The third kappa shape index (κ3) is 3.70. The fourth-order valence-corrected chi connectivity index (χ4v) is 2.85. The number of aromatic nitrogens is 2. The Balaban J connectivity index is 2.00. The van der Waals surface area contributed by atoms with Gasteiger partial charge >= 0.3 is 0 Å². The topological polar surface area (TPSA) is 87.6 Å². The van der Waals surface area contributed by atoms with Crippen LogP contribution in [0.2, 0.25) is 0 Å². The van der Waals surface area contributed by atoms with Crippen LogP contribution in [-0.2, 0) is 0 Å². The average molecular weight is 365 g/mol. The number of nitriles is 1. The van der Waals surface area contributed by atoms with Crippen LogP contribution in [0.25, 0.3) is 0 Å². The molecule has 1 unspecified atom stereocenters. The Bertz CT molecular complexity index is 1010.